The van der Waals surface area contributed by atoms with Gasteiger partial charge in [-0.05, 0) is 48.1 Å². The summed E-state index contributed by atoms with van der Waals surface area (Å²) < 4.78 is 0. The second-order valence-corrected chi connectivity index (χ2v) is 6.87. The van der Waals surface area contributed by atoms with Crippen LogP contribution >= 0.6 is 38.9 Å². The molecule has 0 spiro atoms. The number of nitrogens with zero attached hydrogens (tertiary/aromatic N) is 1. The van der Waals surface area contributed by atoms with Crippen LogP contribution in [0.15, 0.2) is 35.7 Å². The van der Waals surface area contributed by atoms with Gasteiger partial charge in [0, 0.05) is 27.0 Å². The van der Waals surface area contributed by atoms with Crippen molar-refractivity contribution in [3.05, 3.63) is 51.2 Å². The van der Waals surface area contributed by atoms with Crippen LogP contribution < -0.4 is 4.90 Å². The summed E-state index contributed by atoms with van der Waals surface area (Å²) in [5, 5.41) is 3.80. The van der Waals surface area contributed by atoms with Gasteiger partial charge in [0.2, 0.25) is 0 Å². The van der Waals surface area contributed by atoms with Crippen LogP contribution in [-0.4, -0.2) is 6.04 Å². The molecule has 1 saturated carbocycles. The van der Waals surface area contributed by atoms with Crippen molar-refractivity contribution < 1.29 is 0 Å². The minimum Gasteiger partial charge on any atom is -0.363 e. The summed E-state index contributed by atoms with van der Waals surface area (Å²) in [7, 11) is 0. The molecule has 0 saturated heterocycles. The molecule has 0 radical (unpaired) electrons. The Labute approximate surface area is 131 Å². The van der Waals surface area contributed by atoms with Crippen LogP contribution in [-0.2, 0) is 11.9 Å². The summed E-state index contributed by atoms with van der Waals surface area (Å²) in [5.41, 5.74) is 2.59. The first-order chi connectivity index (χ1) is 9.28. The number of anilines is 1. The highest BCUT2D eigenvalue weighted by Crippen LogP contribution is 2.37. The van der Waals surface area contributed by atoms with Crippen molar-refractivity contribution in [2.45, 2.75) is 30.8 Å². The van der Waals surface area contributed by atoms with Gasteiger partial charge < -0.3 is 4.90 Å². The van der Waals surface area contributed by atoms with Gasteiger partial charge >= 0.3 is 0 Å². The zero-order valence-corrected chi connectivity index (χ0v) is 13.6. The number of rotatable bonds is 5. The lowest BCUT2D eigenvalue weighted by molar-refractivity contribution is 0.799. The molecule has 1 aliphatic carbocycles. The Kier molecular flexibility index (Phi) is 4.15. The van der Waals surface area contributed by atoms with Crippen molar-refractivity contribution in [3.8, 4) is 0 Å². The predicted octanol–water partition coefficient (Wildman–Crippen LogP) is 5.47. The maximum atomic E-state index is 6.10. The van der Waals surface area contributed by atoms with E-state index in [1.54, 1.807) is 0 Å². The molecule has 19 heavy (non-hydrogen) atoms. The van der Waals surface area contributed by atoms with E-state index in [1.807, 2.05) is 17.4 Å². The van der Waals surface area contributed by atoms with Gasteiger partial charge in [-0.2, -0.15) is 0 Å². The fourth-order valence-corrected chi connectivity index (χ4v) is 3.66. The molecule has 1 heterocycles. The number of alkyl halides is 1. The zero-order chi connectivity index (χ0) is 13.2. The molecule has 1 aliphatic rings. The zero-order valence-electron chi connectivity index (χ0n) is 10.5. The largest absolute Gasteiger partial charge is 0.363 e. The lowest BCUT2D eigenvalue weighted by atomic mass is 10.1. The monoisotopic (exact) mass is 355 g/mol. The number of halogens is 2. The van der Waals surface area contributed by atoms with Crippen LogP contribution in [0.4, 0.5) is 5.69 Å². The molecule has 0 amide bonds. The van der Waals surface area contributed by atoms with Crippen LogP contribution in [0.1, 0.15) is 23.3 Å². The van der Waals surface area contributed by atoms with E-state index in [4.69, 9.17) is 11.6 Å². The van der Waals surface area contributed by atoms with E-state index in [2.05, 4.69) is 50.5 Å². The van der Waals surface area contributed by atoms with E-state index >= 15 is 0 Å². The third-order valence-corrected chi connectivity index (χ3v) is 5.09. The highest BCUT2D eigenvalue weighted by molar-refractivity contribution is 9.08. The van der Waals surface area contributed by atoms with Crippen LogP contribution in [0.5, 0.6) is 0 Å². The second kappa shape index (κ2) is 5.86. The molecule has 2 aromatic rings. The molecular weight excluding hydrogens is 342 g/mol. The van der Waals surface area contributed by atoms with Gasteiger partial charge in [0.25, 0.3) is 0 Å². The van der Waals surface area contributed by atoms with Crippen molar-refractivity contribution in [1.29, 1.82) is 0 Å². The molecule has 1 aromatic carbocycles. The summed E-state index contributed by atoms with van der Waals surface area (Å²) in [5.74, 6) is 0. The molecular formula is C15H15BrClNS. The van der Waals surface area contributed by atoms with Gasteiger partial charge in [0.1, 0.15) is 0 Å². The molecule has 0 N–H and O–H groups in total. The van der Waals surface area contributed by atoms with Gasteiger partial charge in [-0.25, -0.2) is 0 Å². The van der Waals surface area contributed by atoms with E-state index in [1.165, 1.54) is 29.0 Å². The van der Waals surface area contributed by atoms with Crippen LogP contribution in [0, 0.1) is 0 Å². The maximum absolute atomic E-state index is 6.10. The number of thiophene rings is 1. The van der Waals surface area contributed by atoms with Gasteiger partial charge in [-0.1, -0.05) is 33.6 Å². The lowest BCUT2D eigenvalue weighted by Gasteiger charge is -2.26. The van der Waals surface area contributed by atoms with Crippen LogP contribution in [0.25, 0.3) is 0 Å². The standard InChI is InChI=1S/C15H15BrClNS/c16-9-11-8-12(17)3-6-15(11)18(13-4-5-13)10-14-2-1-7-19-14/h1-3,6-8,13H,4-5,9-10H2. The average molecular weight is 357 g/mol. The average Bonchev–Trinajstić information content (AvgIpc) is 3.13. The molecule has 0 bridgehead atoms. The summed E-state index contributed by atoms with van der Waals surface area (Å²) in [4.78, 5) is 3.95. The van der Waals surface area contributed by atoms with Gasteiger partial charge in [-0.3, -0.25) is 0 Å². The summed E-state index contributed by atoms with van der Waals surface area (Å²) in [6, 6.07) is 11.2. The Morgan fingerprint density at radius 3 is 2.79 bits per heavy atom. The van der Waals surface area contributed by atoms with E-state index in [-0.39, 0.29) is 0 Å². The number of hydrogen-bond acceptors (Lipinski definition) is 2. The SMILES string of the molecule is Clc1ccc(N(Cc2cccs2)C2CC2)c(CBr)c1. The highest BCUT2D eigenvalue weighted by Gasteiger charge is 2.30. The van der Waals surface area contributed by atoms with Crippen LogP contribution in [0.3, 0.4) is 0 Å². The number of hydrogen-bond donors (Lipinski definition) is 0. The molecule has 4 heteroatoms. The Hall–Kier alpha value is -0.510. The first-order valence-electron chi connectivity index (χ1n) is 6.41. The first-order valence-corrected chi connectivity index (χ1v) is 8.79. The molecule has 0 aliphatic heterocycles. The van der Waals surface area contributed by atoms with Crippen molar-refractivity contribution >= 4 is 44.6 Å². The normalized spacial score (nSPS) is 14.6. The Bertz CT molecular complexity index is 551. The molecule has 3 rings (SSSR count). The summed E-state index contributed by atoms with van der Waals surface area (Å²) in [6.45, 7) is 1.00. The minimum atomic E-state index is 0.695. The molecule has 0 unspecified atom stereocenters. The maximum Gasteiger partial charge on any atom is 0.0526 e. The Balaban J connectivity index is 1.91. The smallest absolute Gasteiger partial charge is 0.0526 e. The van der Waals surface area contributed by atoms with E-state index in [0.29, 0.717) is 6.04 Å². The Morgan fingerprint density at radius 2 is 2.16 bits per heavy atom. The quantitative estimate of drug-likeness (QED) is 0.642. The van der Waals surface area contributed by atoms with E-state index < -0.39 is 0 Å². The fourth-order valence-electron chi connectivity index (χ4n) is 2.31. The summed E-state index contributed by atoms with van der Waals surface area (Å²) in [6.07, 6.45) is 2.60. The third-order valence-electron chi connectivity index (χ3n) is 3.39. The van der Waals surface area contributed by atoms with Gasteiger partial charge in [0.15, 0.2) is 0 Å². The third kappa shape index (κ3) is 3.15. The van der Waals surface area contributed by atoms with Crippen molar-refractivity contribution in [2.75, 3.05) is 4.90 Å². The minimum absolute atomic E-state index is 0.695. The molecule has 0 atom stereocenters. The predicted molar refractivity (Wildman–Crippen MR) is 87.6 cm³/mol. The first kappa shape index (κ1) is 13.5. The van der Waals surface area contributed by atoms with Crippen molar-refractivity contribution in [2.24, 2.45) is 0 Å². The van der Waals surface area contributed by atoms with Gasteiger partial charge in [0.05, 0.1) is 6.54 Å². The van der Waals surface area contributed by atoms with Gasteiger partial charge in [-0.15, -0.1) is 11.3 Å². The summed E-state index contributed by atoms with van der Waals surface area (Å²) >= 11 is 11.5. The van der Waals surface area contributed by atoms with Crippen LogP contribution in [0.2, 0.25) is 5.02 Å². The molecule has 100 valence electrons. The van der Waals surface area contributed by atoms with E-state index in [0.717, 1.165) is 16.9 Å². The molecule has 1 aromatic heterocycles. The fraction of sp³-hybridized carbons (Fsp3) is 0.333. The highest BCUT2D eigenvalue weighted by atomic mass is 79.9. The van der Waals surface area contributed by atoms with Crippen molar-refractivity contribution in [1.82, 2.24) is 0 Å². The van der Waals surface area contributed by atoms with E-state index in [9.17, 15) is 0 Å². The Morgan fingerprint density at radius 1 is 1.32 bits per heavy atom. The second-order valence-electron chi connectivity index (χ2n) is 4.85. The number of benzene rings is 1. The molecule has 1 nitrogen and oxygen atoms in total. The van der Waals surface area contributed by atoms with Crippen molar-refractivity contribution in [3.63, 3.8) is 0 Å². The topological polar surface area (TPSA) is 3.24 Å². The molecule has 1 fully saturated rings. The lowest BCUT2D eigenvalue weighted by Crippen LogP contribution is -2.25.